The summed E-state index contributed by atoms with van der Waals surface area (Å²) in [5, 5.41) is 0. The molecule has 21 heavy (non-hydrogen) atoms. The van der Waals surface area contributed by atoms with E-state index in [9.17, 15) is 0 Å². The van der Waals surface area contributed by atoms with E-state index in [1.807, 2.05) is 0 Å². The van der Waals surface area contributed by atoms with E-state index in [2.05, 4.69) is 52.8 Å². The summed E-state index contributed by atoms with van der Waals surface area (Å²) in [7, 11) is 0. The molecule has 2 aliphatic rings. The predicted octanol–water partition coefficient (Wildman–Crippen LogP) is 5.89. The zero-order valence-corrected chi connectivity index (χ0v) is 14.3. The van der Waals surface area contributed by atoms with Gasteiger partial charge in [-0.15, -0.1) is 0 Å². The highest BCUT2D eigenvalue weighted by Crippen LogP contribution is 2.57. The van der Waals surface area contributed by atoms with Crippen LogP contribution >= 0.6 is 0 Å². The minimum Gasteiger partial charge on any atom is -0.488 e. The van der Waals surface area contributed by atoms with Crippen molar-refractivity contribution >= 4 is 0 Å². The van der Waals surface area contributed by atoms with Crippen molar-refractivity contribution in [2.45, 2.75) is 77.7 Å². The molecule has 0 unspecified atom stereocenters. The second kappa shape index (κ2) is 5.34. The first-order valence-corrected chi connectivity index (χ1v) is 8.68. The Morgan fingerprint density at radius 1 is 0.952 bits per heavy atom. The molecule has 0 N–H and O–H groups in total. The van der Waals surface area contributed by atoms with Crippen LogP contribution in [0.5, 0.6) is 5.75 Å². The maximum Gasteiger partial charge on any atom is 0.127 e. The third-order valence-corrected chi connectivity index (χ3v) is 4.73. The fraction of sp³-hybridized carbons (Fsp3) is 0.700. The lowest BCUT2D eigenvalue weighted by molar-refractivity contribution is 0.126. The lowest BCUT2D eigenvalue weighted by atomic mass is 9.86. The third-order valence-electron chi connectivity index (χ3n) is 4.73. The highest BCUT2D eigenvalue weighted by Gasteiger charge is 2.44. The smallest absolute Gasteiger partial charge is 0.127 e. The topological polar surface area (TPSA) is 9.23 Å². The molecule has 116 valence electrons. The van der Waals surface area contributed by atoms with Crippen LogP contribution < -0.4 is 4.74 Å². The highest BCUT2D eigenvalue weighted by molar-refractivity contribution is 5.47. The van der Waals surface area contributed by atoms with E-state index in [-0.39, 0.29) is 5.60 Å². The summed E-state index contributed by atoms with van der Waals surface area (Å²) in [5.74, 6) is 4.30. The number of hydrogen-bond acceptors (Lipinski definition) is 1. The summed E-state index contributed by atoms with van der Waals surface area (Å²) in [6.07, 6.45) is 5.67. The van der Waals surface area contributed by atoms with E-state index >= 15 is 0 Å². The molecule has 0 heterocycles. The minimum atomic E-state index is -0.128. The molecule has 1 nitrogen and oxygen atoms in total. The van der Waals surface area contributed by atoms with Gasteiger partial charge in [0.15, 0.2) is 0 Å². The summed E-state index contributed by atoms with van der Waals surface area (Å²) < 4.78 is 6.46. The molecule has 1 aromatic rings. The fourth-order valence-electron chi connectivity index (χ4n) is 3.52. The maximum absolute atomic E-state index is 6.46. The van der Waals surface area contributed by atoms with Gasteiger partial charge in [0.1, 0.15) is 11.4 Å². The molecular formula is C20H30O. The highest BCUT2D eigenvalue weighted by atomic mass is 16.5. The Bertz CT molecular complexity index is 489. The zero-order valence-electron chi connectivity index (χ0n) is 14.3. The van der Waals surface area contributed by atoms with Crippen LogP contribution in [0.1, 0.15) is 83.3 Å². The molecule has 0 saturated heterocycles. The summed E-state index contributed by atoms with van der Waals surface area (Å²) in [6, 6.07) is 6.85. The van der Waals surface area contributed by atoms with E-state index in [1.165, 1.54) is 42.6 Å². The second-order valence-electron chi connectivity index (χ2n) is 8.34. The molecule has 0 bridgehead atoms. The van der Waals surface area contributed by atoms with Crippen molar-refractivity contribution in [3.8, 4) is 5.75 Å². The predicted molar refractivity (Wildman–Crippen MR) is 89.1 cm³/mol. The number of rotatable bonds is 5. The molecule has 0 spiro atoms. The molecule has 1 heteroatoms. The van der Waals surface area contributed by atoms with Crippen LogP contribution in [-0.2, 0) is 0 Å². The number of hydrogen-bond donors (Lipinski definition) is 0. The van der Waals surface area contributed by atoms with Crippen LogP contribution in [0, 0.1) is 11.8 Å². The van der Waals surface area contributed by atoms with Gasteiger partial charge in [-0.25, -0.2) is 0 Å². The number of para-hydroxylation sites is 1. The summed E-state index contributed by atoms with van der Waals surface area (Å²) in [5.41, 5.74) is 2.76. The van der Waals surface area contributed by atoms with Gasteiger partial charge in [0.05, 0.1) is 0 Å². The van der Waals surface area contributed by atoms with E-state index in [1.54, 1.807) is 0 Å². The Hall–Kier alpha value is -0.980. The molecule has 2 aliphatic carbocycles. The molecule has 2 saturated carbocycles. The van der Waals surface area contributed by atoms with Crippen LogP contribution in [0.3, 0.4) is 0 Å². The molecule has 1 aromatic carbocycles. The van der Waals surface area contributed by atoms with Crippen molar-refractivity contribution in [3.05, 3.63) is 29.3 Å². The van der Waals surface area contributed by atoms with Gasteiger partial charge in [0.25, 0.3) is 0 Å². The lowest BCUT2D eigenvalue weighted by Crippen LogP contribution is -2.25. The van der Waals surface area contributed by atoms with E-state index in [4.69, 9.17) is 4.74 Å². The van der Waals surface area contributed by atoms with Crippen molar-refractivity contribution in [1.29, 1.82) is 0 Å². The first kappa shape index (κ1) is 14.9. The molecule has 0 radical (unpaired) electrons. The van der Waals surface area contributed by atoms with Crippen molar-refractivity contribution in [2.24, 2.45) is 11.8 Å². The number of benzene rings is 1. The van der Waals surface area contributed by atoms with Gasteiger partial charge in [-0.2, -0.15) is 0 Å². The lowest BCUT2D eigenvalue weighted by Gasteiger charge is -2.29. The largest absolute Gasteiger partial charge is 0.488 e. The molecule has 0 atom stereocenters. The zero-order chi connectivity index (χ0) is 15.2. The van der Waals surface area contributed by atoms with Gasteiger partial charge < -0.3 is 4.74 Å². The molecule has 0 aromatic heterocycles. The molecule has 0 amide bonds. The fourth-order valence-corrected chi connectivity index (χ4v) is 3.52. The SMILES string of the molecule is CC(C)c1cccc(C(C2CC2)C2CC2)c1OC(C)(C)C. The Kier molecular flexibility index (Phi) is 3.80. The van der Waals surface area contributed by atoms with Crippen LogP contribution in [0.4, 0.5) is 0 Å². The Morgan fingerprint density at radius 3 is 1.90 bits per heavy atom. The van der Waals surface area contributed by atoms with Gasteiger partial charge in [0, 0.05) is 0 Å². The Balaban J connectivity index is 2.03. The van der Waals surface area contributed by atoms with Crippen molar-refractivity contribution < 1.29 is 4.74 Å². The van der Waals surface area contributed by atoms with Gasteiger partial charge in [-0.3, -0.25) is 0 Å². The molecule has 2 fully saturated rings. The minimum absolute atomic E-state index is 0.128. The van der Waals surface area contributed by atoms with Crippen molar-refractivity contribution in [2.75, 3.05) is 0 Å². The second-order valence-corrected chi connectivity index (χ2v) is 8.34. The standard InChI is InChI=1S/C20H30O/c1-13(2)16-7-6-8-17(19(16)21-20(3,4)5)18(14-9-10-14)15-11-12-15/h6-8,13-15,18H,9-12H2,1-5H3. The van der Waals surface area contributed by atoms with Crippen LogP contribution in [0.2, 0.25) is 0 Å². The summed E-state index contributed by atoms with van der Waals surface area (Å²) in [6.45, 7) is 11.0. The normalized spacial score (nSPS) is 19.4. The molecule has 3 rings (SSSR count). The van der Waals surface area contributed by atoms with E-state index in [0.29, 0.717) is 5.92 Å². The molecule has 0 aliphatic heterocycles. The van der Waals surface area contributed by atoms with Crippen molar-refractivity contribution in [1.82, 2.24) is 0 Å². The van der Waals surface area contributed by atoms with Crippen LogP contribution in [-0.4, -0.2) is 5.60 Å². The van der Waals surface area contributed by atoms with Crippen LogP contribution in [0.15, 0.2) is 18.2 Å². The first-order chi connectivity index (χ1) is 9.87. The Morgan fingerprint density at radius 2 is 1.48 bits per heavy atom. The monoisotopic (exact) mass is 286 g/mol. The quantitative estimate of drug-likeness (QED) is 0.655. The average molecular weight is 286 g/mol. The van der Waals surface area contributed by atoms with Gasteiger partial charge in [0.2, 0.25) is 0 Å². The maximum atomic E-state index is 6.46. The molecular weight excluding hydrogens is 256 g/mol. The van der Waals surface area contributed by atoms with Crippen molar-refractivity contribution in [3.63, 3.8) is 0 Å². The Labute approximate surface area is 130 Å². The van der Waals surface area contributed by atoms with Gasteiger partial charge in [-0.05, 0) is 81.3 Å². The average Bonchev–Trinajstić information content (AvgIpc) is 3.23. The third kappa shape index (κ3) is 3.44. The van der Waals surface area contributed by atoms with Gasteiger partial charge in [-0.1, -0.05) is 32.0 Å². The van der Waals surface area contributed by atoms with E-state index < -0.39 is 0 Å². The summed E-state index contributed by atoms with van der Waals surface area (Å²) in [4.78, 5) is 0. The number of ether oxygens (including phenoxy) is 1. The van der Waals surface area contributed by atoms with Crippen LogP contribution in [0.25, 0.3) is 0 Å². The van der Waals surface area contributed by atoms with Gasteiger partial charge >= 0.3 is 0 Å². The first-order valence-electron chi connectivity index (χ1n) is 8.68. The summed E-state index contributed by atoms with van der Waals surface area (Å²) >= 11 is 0. The van der Waals surface area contributed by atoms with E-state index in [0.717, 1.165) is 17.8 Å².